The lowest BCUT2D eigenvalue weighted by atomic mass is 10.3. The van der Waals surface area contributed by atoms with Gasteiger partial charge in [-0.2, -0.15) is 0 Å². The van der Waals surface area contributed by atoms with Crippen molar-refractivity contribution in [3.05, 3.63) is 28.2 Å². The van der Waals surface area contributed by atoms with E-state index in [9.17, 15) is 0 Å². The summed E-state index contributed by atoms with van der Waals surface area (Å²) in [5, 5.41) is 1.68. The molecule has 13 heavy (non-hydrogen) atoms. The Morgan fingerprint density at radius 2 is 2.23 bits per heavy atom. The molecule has 0 amide bonds. The highest BCUT2D eigenvalue weighted by Crippen LogP contribution is 2.28. The Morgan fingerprint density at radius 1 is 1.46 bits per heavy atom. The van der Waals surface area contributed by atoms with Crippen molar-refractivity contribution in [3.8, 4) is 0 Å². The monoisotopic (exact) mass is 234 g/mol. The number of nitrogens with zero attached hydrogens (tertiary/aromatic N) is 1. The molecule has 0 bridgehead atoms. The molecule has 0 fully saturated rings. The topological polar surface area (TPSA) is 38.9 Å². The van der Waals surface area contributed by atoms with Crippen LogP contribution in [-0.2, 0) is 6.54 Å². The number of rotatable bonds is 1. The van der Waals surface area contributed by atoms with Crippen LogP contribution in [0.3, 0.4) is 0 Å². The molecule has 1 aromatic carbocycles. The fraction of sp³-hybridized carbons (Fsp3) is 0.125. The summed E-state index contributed by atoms with van der Waals surface area (Å²) in [6.45, 7) is 0.482. The van der Waals surface area contributed by atoms with Crippen LogP contribution in [0, 0.1) is 0 Å². The molecule has 0 unspecified atom stereocenters. The Hall–Kier alpha value is -0.350. The van der Waals surface area contributed by atoms with Crippen LogP contribution in [0.1, 0.15) is 5.01 Å². The summed E-state index contributed by atoms with van der Waals surface area (Å²) in [5.41, 5.74) is 6.41. The molecular formula is C8H8Cl2N2S. The third-order valence-electron chi connectivity index (χ3n) is 1.59. The van der Waals surface area contributed by atoms with E-state index in [2.05, 4.69) is 4.98 Å². The number of aromatic nitrogens is 1. The van der Waals surface area contributed by atoms with E-state index in [4.69, 9.17) is 17.3 Å². The fourth-order valence-electron chi connectivity index (χ4n) is 1.05. The van der Waals surface area contributed by atoms with Gasteiger partial charge in [0.2, 0.25) is 0 Å². The SMILES string of the molecule is Cl.NCc1nc2cccc(Cl)c2s1. The molecule has 0 radical (unpaired) electrons. The highest BCUT2D eigenvalue weighted by atomic mass is 35.5. The summed E-state index contributed by atoms with van der Waals surface area (Å²) >= 11 is 7.51. The predicted octanol–water partition coefficient (Wildman–Crippen LogP) is 2.83. The number of fused-ring (bicyclic) bond motifs is 1. The summed E-state index contributed by atoms with van der Waals surface area (Å²) in [6.07, 6.45) is 0. The maximum Gasteiger partial charge on any atom is 0.107 e. The van der Waals surface area contributed by atoms with Gasteiger partial charge >= 0.3 is 0 Å². The van der Waals surface area contributed by atoms with Crippen molar-refractivity contribution in [1.29, 1.82) is 0 Å². The van der Waals surface area contributed by atoms with Gasteiger partial charge in [-0.15, -0.1) is 23.7 Å². The molecule has 1 aromatic heterocycles. The van der Waals surface area contributed by atoms with E-state index >= 15 is 0 Å². The fourth-order valence-corrected chi connectivity index (χ4v) is 2.18. The van der Waals surface area contributed by atoms with Crippen molar-refractivity contribution in [2.45, 2.75) is 6.54 Å². The van der Waals surface area contributed by atoms with E-state index < -0.39 is 0 Å². The zero-order chi connectivity index (χ0) is 8.55. The first-order valence-electron chi connectivity index (χ1n) is 3.55. The molecule has 0 saturated heterocycles. The van der Waals surface area contributed by atoms with Gasteiger partial charge in [0.25, 0.3) is 0 Å². The second-order valence-electron chi connectivity index (χ2n) is 2.40. The number of halogens is 2. The lowest BCUT2D eigenvalue weighted by Gasteiger charge is -1.87. The lowest BCUT2D eigenvalue weighted by Crippen LogP contribution is -1.93. The van der Waals surface area contributed by atoms with Crippen LogP contribution < -0.4 is 5.73 Å². The summed E-state index contributed by atoms with van der Waals surface area (Å²) < 4.78 is 1.03. The molecule has 0 aliphatic carbocycles. The summed E-state index contributed by atoms with van der Waals surface area (Å²) in [5.74, 6) is 0. The standard InChI is InChI=1S/C8H7ClN2S.ClH/c9-5-2-1-3-6-8(5)12-7(4-10)11-6;/h1-3H,4,10H2;1H. The number of nitrogens with two attached hydrogens (primary N) is 1. The summed E-state index contributed by atoms with van der Waals surface area (Å²) in [7, 11) is 0. The average molecular weight is 235 g/mol. The van der Waals surface area contributed by atoms with Gasteiger partial charge in [0.1, 0.15) is 5.01 Å². The molecule has 2 aromatic rings. The second kappa shape index (κ2) is 4.24. The maximum atomic E-state index is 5.96. The molecule has 5 heteroatoms. The van der Waals surface area contributed by atoms with Crippen LogP contribution in [0.15, 0.2) is 18.2 Å². The third-order valence-corrected chi connectivity index (χ3v) is 3.14. The van der Waals surface area contributed by atoms with Crippen LogP contribution in [0.5, 0.6) is 0 Å². The van der Waals surface area contributed by atoms with E-state index in [1.807, 2.05) is 18.2 Å². The van der Waals surface area contributed by atoms with Crippen molar-refractivity contribution >= 4 is 45.6 Å². The minimum absolute atomic E-state index is 0. The van der Waals surface area contributed by atoms with Gasteiger partial charge in [0.15, 0.2) is 0 Å². The lowest BCUT2D eigenvalue weighted by molar-refractivity contribution is 1.05. The first kappa shape index (κ1) is 10.7. The van der Waals surface area contributed by atoms with Gasteiger partial charge in [-0.25, -0.2) is 4.98 Å². The van der Waals surface area contributed by atoms with E-state index in [-0.39, 0.29) is 12.4 Å². The number of hydrogen-bond donors (Lipinski definition) is 1. The van der Waals surface area contributed by atoms with Crippen LogP contribution in [0.2, 0.25) is 5.02 Å². The number of thiazole rings is 1. The molecule has 0 aliphatic rings. The van der Waals surface area contributed by atoms with E-state index in [0.717, 1.165) is 20.2 Å². The van der Waals surface area contributed by atoms with E-state index in [0.29, 0.717) is 6.54 Å². The van der Waals surface area contributed by atoms with Gasteiger partial charge < -0.3 is 5.73 Å². The van der Waals surface area contributed by atoms with Crippen LogP contribution >= 0.6 is 35.3 Å². The molecule has 0 saturated carbocycles. The quantitative estimate of drug-likeness (QED) is 0.825. The second-order valence-corrected chi connectivity index (χ2v) is 3.89. The molecule has 70 valence electrons. The van der Waals surface area contributed by atoms with Gasteiger partial charge in [0.05, 0.1) is 15.2 Å². The Balaban J connectivity index is 0.000000845. The largest absolute Gasteiger partial charge is 0.325 e. The van der Waals surface area contributed by atoms with Crippen LogP contribution in [-0.4, -0.2) is 4.98 Å². The molecule has 0 aliphatic heterocycles. The molecule has 2 rings (SSSR count). The third kappa shape index (κ3) is 1.94. The molecule has 1 heterocycles. The van der Waals surface area contributed by atoms with Crippen molar-refractivity contribution in [1.82, 2.24) is 4.98 Å². The first-order chi connectivity index (χ1) is 5.81. The van der Waals surface area contributed by atoms with Crippen LogP contribution in [0.25, 0.3) is 10.2 Å². The summed E-state index contributed by atoms with van der Waals surface area (Å²) in [4.78, 5) is 4.30. The van der Waals surface area contributed by atoms with E-state index in [1.54, 1.807) is 11.3 Å². The maximum absolute atomic E-state index is 5.96. The molecule has 0 spiro atoms. The van der Waals surface area contributed by atoms with Gasteiger partial charge in [0, 0.05) is 6.54 Å². The van der Waals surface area contributed by atoms with Crippen molar-refractivity contribution in [2.24, 2.45) is 5.73 Å². The number of benzene rings is 1. The van der Waals surface area contributed by atoms with Crippen molar-refractivity contribution in [2.75, 3.05) is 0 Å². The molecular weight excluding hydrogens is 227 g/mol. The highest BCUT2D eigenvalue weighted by molar-refractivity contribution is 7.19. The smallest absolute Gasteiger partial charge is 0.107 e. The van der Waals surface area contributed by atoms with Gasteiger partial charge in [-0.05, 0) is 12.1 Å². The first-order valence-corrected chi connectivity index (χ1v) is 4.74. The molecule has 0 atom stereocenters. The Bertz CT molecular complexity index is 413. The van der Waals surface area contributed by atoms with Crippen molar-refractivity contribution in [3.63, 3.8) is 0 Å². The van der Waals surface area contributed by atoms with Gasteiger partial charge in [-0.3, -0.25) is 0 Å². The normalized spacial score (nSPS) is 10.0. The van der Waals surface area contributed by atoms with Crippen molar-refractivity contribution < 1.29 is 0 Å². The summed E-state index contributed by atoms with van der Waals surface area (Å²) in [6, 6.07) is 5.70. The Labute approximate surface area is 91.1 Å². The molecule has 2 N–H and O–H groups in total. The Morgan fingerprint density at radius 3 is 2.85 bits per heavy atom. The van der Waals surface area contributed by atoms with E-state index in [1.165, 1.54) is 0 Å². The molecule has 2 nitrogen and oxygen atoms in total. The minimum Gasteiger partial charge on any atom is -0.325 e. The zero-order valence-corrected chi connectivity index (χ0v) is 9.05. The predicted molar refractivity (Wildman–Crippen MR) is 59.8 cm³/mol. The zero-order valence-electron chi connectivity index (χ0n) is 6.66. The van der Waals surface area contributed by atoms with Crippen LogP contribution in [0.4, 0.5) is 0 Å². The minimum atomic E-state index is 0. The average Bonchev–Trinajstić information content (AvgIpc) is 2.49. The Kier molecular flexibility index (Phi) is 3.50. The van der Waals surface area contributed by atoms with Gasteiger partial charge in [-0.1, -0.05) is 17.7 Å². The highest BCUT2D eigenvalue weighted by Gasteiger charge is 2.04. The number of hydrogen-bond acceptors (Lipinski definition) is 3.